The van der Waals surface area contributed by atoms with Crippen molar-refractivity contribution in [2.24, 2.45) is 0 Å². The molecule has 1 aliphatic heterocycles. The Hall–Kier alpha value is -3.90. The van der Waals surface area contributed by atoms with Gasteiger partial charge in [-0.25, -0.2) is 4.98 Å². The standard InChI is InChI=1S/C32H32N4OS/c1-20-10-13-24(14-11-20)30-28-8-6-5-7-27-29(23-15-17-25(37-4)18-16-23)34-31(35(27)28)36(30)32(38)33-26-19-21(2)9-12-22(26)3/h9-19H,5-8H2,1-4H3,(H,33,38). The number of methoxy groups -OCH3 is 1. The summed E-state index contributed by atoms with van der Waals surface area (Å²) in [4.78, 5) is 5.28. The number of aromatic nitrogens is 3. The van der Waals surface area contributed by atoms with E-state index in [0.717, 1.165) is 71.0 Å². The Bertz CT molecular complexity index is 1660. The molecule has 0 aliphatic carbocycles. The summed E-state index contributed by atoms with van der Waals surface area (Å²) in [5, 5.41) is 4.19. The molecule has 0 radical (unpaired) electrons. The van der Waals surface area contributed by atoms with Crippen molar-refractivity contribution in [1.82, 2.24) is 14.0 Å². The Morgan fingerprint density at radius 2 is 1.50 bits per heavy atom. The van der Waals surface area contributed by atoms with Crippen LogP contribution in [-0.4, -0.2) is 26.2 Å². The summed E-state index contributed by atoms with van der Waals surface area (Å²) < 4.78 is 9.92. The maximum absolute atomic E-state index is 6.15. The first kappa shape index (κ1) is 24.4. The lowest BCUT2D eigenvalue weighted by molar-refractivity contribution is 0.415. The van der Waals surface area contributed by atoms with Gasteiger partial charge in [0.15, 0.2) is 5.11 Å². The molecule has 2 aromatic heterocycles. The summed E-state index contributed by atoms with van der Waals surface area (Å²) >= 11 is 6.15. The predicted molar refractivity (Wildman–Crippen MR) is 160 cm³/mol. The summed E-state index contributed by atoms with van der Waals surface area (Å²) in [6, 6.07) is 23.3. The molecule has 1 N–H and O–H groups in total. The highest BCUT2D eigenvalue weighted by atomic mass is 32.1. The molecule has 0 spiro atoms. The van der Waals surface area contributed by atoms with E-state index in [1.54, 1.807) is 7.11 Å². The number of aryl methyl sites for hydroxylation is 5. The first-order valence-electron chi connectivity index (χ1n) is 13.2. The second-order valence-electron chi connectivity index (χ2n) is 10.2. The van der Waals surface area contributed by atoms with Gasteiger partial charge in [-0.05, 0) is 100 Å². The molecule has 5 aromatic rings. The number of hydrogen-bond donors (Lipinski definition) is 1. The molecular weight excluding hydrogens is 488 g/mol. The first-order valence-corrected chi connectivity index (χ1v) is 13.6. The highest BCUT2D eigenvalue weighted by Gasteiger charge is 2.29. The molecule has 3 heterocycles. The number of anilines is 1. The Kier molecular flexibility index (Phi) is 6.28. The summed E-state index contributed by atoms with van der Waals surface area (Å²) in [6.07, 6.45) is 4.21. The number of nitrogens with zero attached hydrogens (tertiary/aromatic N) is 3. The normalized spacial score (nSPS) is 12.9. The van der Waals surface area contributed by atoms with Gasteiger partial charge in [-0.15, -0.1) is 0 Å². The van der Waals surface area contributed by atoms with E-state index in [2.05, 4.69) is 89.7 Å². The molecule has 6 rings (SSSR count). The fraction of sp³-hybridized carbons (Fsp3) is 0.250. The highest BCUT2D eigenvalue weighted by molar-refractivity contribution is 7.80. The Balaban J connectivity index is 1.59. The second kappa shape index (κ2) is 9.76. The van der Waals surface area contributed by atoms with E-state index in [-0.39, 0.29) is 0 Å². The zero-order valence-corrected chi connectivity index (χ0v) is 23.2. The second-order valence-corrected chi connectivity index (χ2v) is 10.6. The van der Waals surface area contributed by atoms with Gasteiger partial charge < -0.3 is 10.1 Å². The zero-order chi connectivity index (χ0) is 26.4. The minimum atomic E-state index is 0.629. The van der Waals surface area contributed by atoms with E-state index < -0.39 is 0 Å². The van der Waals surface area contributed by atoms with Crippen LogP contribution in [0.1, 0.15) is 40.9 Å². The molecule has 1 aliphatic rings. The van der Waals surface area contributed by atoms with Crippen molar-refractivity contribution in [2.45, 2.75) is 46.5 Å². The molecule has 0 unspecified atom stereocenters. The lowest BCUT2D eigenvalue weighted by atomic mass is 10.0. The van der Waals surface area contributed by atoms with Gasteiger partial charge in [0.25, 0.3) is 0 Å². The summed E-state index contributed by atoms with van der Waals surface area (Å²) in [7, 11) is 1.69. The van der Waals surface area contributed by atoms with Crippen LogP contribution in [0.15, 0.2) is 66.7 Å². The maximum atomic E-state index is 6.15. The Morgan fingerprint density at radius 1 is 0.842 bits per heavy atom. The van der Waals surface area contributed by atoms with Crippen molar-refractivity contribution in [1.29, 1.82) is 0 Å². The molecule has 0 atom stereocenters. The highest BCUT2D eigenvalue weighted by Crippen LogP contribution is 2.37. The van der Waals surface area contributed by atoms with Crippen LogP contribution < -0.4 is 10.1 Å². The minimum Gasteiger partial charge on any atom is -0.497 e. The van der Waals surface area contributed by atoms with E-state index in [9.17, 15) is 0 Å². The van der Waals surface area contributed by atoms with Crippen LogP contribution in [0.4, 0.5) is 5.69 Å². The van der Waals surface area contributed by atoms with Crippen LogP contribution in [-0.2, 0) is 12.8 Å². The van der Waals surface area contributed by atoms with Gasteiger partial charge in [0.05, 0.1) is 29.9 Å². The van der Waals surface area contributed by atoms with Gasteiger partial charge in [-0.1, -0.05) is 42.0 Å². The fourth-order valence-electron chi connectivity index (χ4n) is 5.48. The van der Waals surface area contributed by atoms with Gasteiger partial charge in [-0.3, -0.25) is 8.97 Å². The van der Waals surface area contributed by atoms with Gasteiger partial charge >= 0.3 is 0 Å². The Labute approximate surface area is 229 Å². The molecule has 0 bridgehead atoms. The average Bonchev–Trinajstić information content (AvgIpc) is 3.34. The summed E-state index contributed by atoms with van der Waals surface area (Å²) in [5.74, 6) is 1.70. The van der Waals surface area contributed by atoms with Crippen LogP contribution in [0.25, 0.3) is 28.3 Å². The monoisotopic (exact) mass is 520 g/mol. The van der Waals surface area contributed by atoms with Crippen molar-refractivity contribution in [3.8, 4) is 28.3 Å². The number of thiocarbonyl (C=S) groups is 1. The molecule has 192 valence electrons. The lowest BCUT2D eigenvalue weighted by Crippen LogP contribution is -2.21. The van der Waals surface area contributed by atoms with Crippen LogP contribution in [0.5, 0.6) is 5.75 Å². The summed E-state index contributed by atoms with van der Waals surface area (Å²) in [5.41, 5.74) is 11.5. The largest absolute Gasteiger partial charge is 0.497 e. The third kappa shape index (κ3) is 4.19. The predicted octanol–water partition coefficient (Wildman–Crippen LogP) is 7.53. The third-order valence-electron chi connectivity index (χ3n) is 7.53. The molecule has 0 saturated heterocycles. The van der Waals surface area contributed by atoms with Crippen LogP contribution in [0, 0.1) is 20.8 Å². The number of nitrogens with one attached hydrogen (secondary N) is 1. The fourth-order valence-corrected chi connectivity index (χ4v) is 5.76. The molecule has 0 fully saturated rings. The topological polar surface area (TPSA) is 43.5 Å². The van der Waals surface area contributed by atoms with Gasteiger partial charge in [0, 0.05) is 16.8 Å². The van der Waals surface area contributed by atoms with E-state index >= 15 is 0 Å². The van der Waals surface area contributed by atoms with Crippen molar-refractivity contribution >= 4 is 28.8 Å². The molecule has 6 heteroatoms. The van der Waals surface area contributed by atoms with Crippen LogP contribution in [0.2, 0.25) is 0 Å². The lowest BCUT2D eigenvalue weighted by Gasteiger charge is -2.16. The quantitative estimate of drug-likeness (QED) is 0.249. The maximum Gasteiger partial charge on any atom is 0.222 e. The third-order valence-corrected chi connectivity index (χ3v) is 7.81. The van der Waals surface area contributed by atoms with E-state index in [4.69, 9.17) is 21.9 Å². The van der Waals surface area contributed by atoms with Gasteiger partial charge in [-0.2, -0.15) is 0 Å². The van der Waals surface area contributed by atoms with E-state index in [1.165, 1.54) is 22.5 Å². The minimum absolute atomic E-state index is 0.629. The molecular formula is C32H32N4OS. The van der Waals surface area contributed by atoms with Crippen molar-refractivity contribution in [3.63, 3.8) is 0 Å². The number of benzene rings is 3. The molecule has 38 heavy (non-hydrogen) atoms. The molecule has 0 amide bonds. The van der Waals surface area contributed by atoms with E-state index in [1.807, 2.05) is 12.1 Å². The van der Waals surface area contributed by atoms with Crippen LogP contribution in [0.3, 0.4) is 0 Å². The molecule has 0 saturated carbocycles. The first-order chi connectivity index (χ1) is 18.4. The van der Waals surface area contributed by atoms with Crippen molar-refractivity contribution in [2.75, 3.05) is 12.4 Å². The number of ether oxygens (including phenoxy) is 1. The van der Waals surface area contributed by atoms with Crippen LogP contribution >= 0.6 is 12.2 Å². The summed E-state index contributed by atoms with van der Waals surface area (Å²) in [6.45, 7) is 6.33. The Morgan fingerprint density at radius 3 is 2.21 bits per heavy atom. The number of hydrogen-bond acceptors (Lipinski definition) is 3. The molecule has 3 aromatic carbocycles. The smallest absolute Gasteiger partial charge is 0.222 e. The average molecular weight is 521 g/mol. The van der Waals surface area contributed by atoms with Crippen molar-refractivity contribution in [3.05, 3.63) is 94.8 Å². The SMILES string of the molecule is COc1ccc(-c2nc3n(C(=S)Nc4cc(C)ccc4C)c(-c4ccc(C)cc4)c4n3c2CCCC4)cc1. The van der Waals surface area contributed by atoms with E-state index in [0.29, 0.717) is 5.11 Å². The van der Waals surface area contributed by atoms with Gasteiger partial charge in [0.2, 0.25) is 5.78 Å². The molecule has 5 nitrogen and oxygen atoms in total. The van der Waals surface area contributed by atoms with Crippen molar-refractivity contribution < 1.29 is 4.74 Å². The zero-order valence-electron chi connectivity index (χ0n) is 22.3. The number of imidazole rings is 2. The van der Waals surface area contributed by atoms with Gasteiger partial charge in [0.1, 0.15) is 5.75 Å². The number of rotatable bonds is 4.